The smallest absolute Gasteiger partial charge is 0.0616 e. The summed E-state index contributed by atoms with van der Waals surface area (Å²) in [5.74, 6) is 1.92. The van der Waals surface area contributed by atoms with Gasteiger partial charge < -0.3 is 5.11 Å². The lowest BCUT2D eigenvalue weighted by molar-refractivity contribution is 0.295. The van der Waals surface area contributed by atoms with E-state index in [9.17, 15) is 5.11 Å². The zero-order chi connectivity index (χ0) is 18.1. The van der Waals surface area contributed by atoms with E-state index >= 15 is 0 Å². The van der Waals surface area contributed by atoms with E-state index < -0.39 is 7.26 Å². The Balaban J connectivity index is 1.64. The third kappa shape index (κ3) is 5.93. The highest BCUT2D eigenvalue weighted by atomic mass is 31.2. The monoisotopic (exact) mass is 369 g/mol. The molecular formula is C24H34OP+. The summed E-state index contributed by atoms with van der Waals surface area (Å²) in [6.45, 7) is 0.345. The van der Waals surface area contributed by atoms with Gasteiger partial charge in [0.15, 0.2) is 0 Å². The van der Waals surface area contributed by atoms with Crippen LogP contribution in [-0.4, -0.2) is 36.4 Å². The first-order valence-electron chi connectivity index (χ1n) is 10.3. The summed E-state index contributed by atoms with van der Waals surface area (Å²) >= 11 is 0. The molecule has 0 aromatic carbocycles. The summed E-state index contributed by atoms with van der Waals surface area (Å²) in [4.78, 5) is 0. The van der Waals surface area contributed by atoms with Gasteiger partial charge in [-0.25, -0.2) is 0 Å². The van der Waals surface area contributed by atoms with Crippen molar-refractivity contribution in [3.63, 3.8) is 0 Å². The third-order valence-corrected chi connectivity index (χ3v) is 11.0. The number of hydrogen-bond donors (Lipinski definition) is 1. The molecular weight excluding hydrogens is 335 g/mol. The second kappa shape index (κ2) is 10.2. The minimum Gasteiger partial charge on any atom is -0.396 e. The molecule has 0 saturated heterocycles. The van der Waals surface area contributed by atoms with Gasteiger partial charge in [0.05, 0.1) is 24.6 Å². The maximum absolute atomic E-state index is 9.52. The Labute approximate surface area is 160 Å². The molecule has 1 nitrogen and oxygen atoms in total. The van der Waals surface area contributed by atoms with Crippen molar-refractivity contribution in [3.05, 3.63) is 72.9 Å². The van der Waals surface area contributed by atoms with Crippen LogP contribution < -0.4 is 0 Å². The zero-order valence-corrected chi connectivity index (χ0v) is 16.8. The molecule has 0 saturated carbocycles. The average Bonchev–Trinajstić information content (AvgIpc) is 3.43. The molecule has 0 bridgehead atoms. The molecule has 3 rings (SSSR count). The van der Waals surface area contributed by atoms with Crippen LogP contribution in [0.25, 0.3) is 0 Å². The van der Waals surface area contributed by atoms with Gasteiger partial charge in [0.1, 0.15) is 0 Å². The second-order valence-corrected chi connectivity index (χ2v) is 12.5. The van der Waals surface area contributed by atoms with Gasteiger partial charge in [0.2, 0.25) is 0 Å². The lowest BCUT2D eigenvalue weighted by Gasteiger charge is -2.30. The van der Waals surface area contributed by atoms with Crippen molar-refractivity contribution >= 4 is 7.26 Å². The van der Waals surface area contributed by atoms with Crippen molar-refractivity contribution < 1.29 is 5.11 Å². The van der Waals surface area contributed by atoms with E-state index in [2.05, 4.69) is 72.9 Å². The molecule has 0 aromatic rings. The van der Waals surface area contributed by atoms with Gasteiger partial charge in [-0.1, -0.05) is 72.9 Å². The van der Waals surface area contributed by atoms with Gasteiger partial charge in [0, 0.05) is 20.3 Å². The highest BCUT2D eigenvalue weighted by Gasteiger charge is 2.37. The third-order valence-electron chi connectivity index (χ3n) is 6.08. The predicted octanol–water partition coefficient (Wildman–Crippen LogP) is 5.78. The molecule has 2 heteroatoms. The molecule has 1 N–H and O–H groups in total. The highest BCUT2D eigenvalue weighted by Crippen LogP contribution is 2.62. The highest BCUT2D eigenvalue weighted by molar-refractivity contribution is 7.75. The van der Waals surface area contributed by atoms with Crippen LogP contribution in [0.1, 0.15) is 25.7 Å². The summed E-state index contributed by atoms with van der Waals surface area (Å²) in [5, 5.41) is 9.52. The molecule has 0 aromatic heterocycles. The van der Waals surface area contributed by atoms with Crippen molar-refractivity contribution in [1.29, 1.82) is 0 Å². The number of hydrogen-bond acceptors (Lipinski definition) is 1. The van der Waals surface area contributed by atoms with Crippen molar-refractivity contribution in [2.24, 2.45) is 17.8 Å². The van der Waals surface area contributed by atoms with Gasteiger partial charge in [-0.2, -0.15) is 0 Å². The van der Waals surface area contributed by atoms with Gasteiger partial charge in [-0.3, -0.25) is 0 Å². The van der Waals surface area contributed by atoms with Crippen LogP contribution >= 0.6 is 7.26 Å². The van der Waals surface area contributed by atoms with Crippen LogP contribution in [0.15, 0.2) is 72.9 Å². The number of rotatable bonds is 12. The van der Waals surface area contributed by atoms with Crippen LogP contribution in [0.5, 0.6) is 0 Å². The van der Waals surface area contributed by atoms with E-state index in [4.69, 9.17) is 0 Å². The second-order valence-electron chi connectivity index (χ2n) is 7.98. The molecule has 0 unspecified atom stereocenters. The van der Waals surface area contributed by atoms with Gasteiger partial charge in [0.25, 0.3) is 0 Å². The number of aliphatic hydroxyl groups is 1. The summed E-state index contributed by atoms with van der Waals surface area (Å²) in [5.41, 5.74) is 0. The molecule has 26 heavy (non-hydrogen) atoms. The fourth-order valence-corrected chi connectivity index (χ4v) is 9.05. The fraction of sp³-hybridized carbons (Fsp3) is 0.500. The van der Waals surface area contributed by atoms with Gasteiger partial charge >= 0.3 is 0 Å². The van der Waals surface area contributed by atoms with Gasteiger partial charge in [-0.15, -0.1) is 0 Å². The van der Waals surface area contributed by atoms with Crippen LogP contribution in [-0.2, 0) is 0 Å². The Bertz CT molecular complexity index is 493. The molecule has 0 aliphatic heterocycles. The molecule has 0 spiro atoms. The van der Waals surface area contributed by atoms with Crippen molar-refractivity contribution in [1.82, 2.24) is 0 Å². The van der Waals surface area contributed by atoms with Crippen LogP contribution in [0, 0.1) is 17.8 Å². The van der Waals surface area contributed by atoms with E-state index in [1.165, 1.54) is 43.9 Å². The largest absolute Gasteiger partial charge is 0.396 e. The maximum atomic E-state index is 9.52. The number of allylic oxidation sites excluding steroid dienone is 12. The summed E-state index contributed by atoms with van der Waals surface area (Å²) < 4.78 is 0. The Kier molecular flexibility index (Phi) is 7.71. The van der Waals surface area contributed by atoms with Crippen molar-refractivity contribution in [2.45, 2.75) is 25.7 Å². The van der Waals surface area contributed by atoms with Crippen molar-refractivity contribution in [3.8, 4) is 0 Å². The Morgan fingerprint density at radius 3 is 1.19 bits per heavy atom. The molecule has 0 atom stereocenters. The summed E-state index contributed by atoms with van der Waals surface area (Å²) in [6.07, 6.45) is 37.6. The first kappa shape index (κ1) is 19.6. The molecule has 0 amide bonds. The Hall–Kier alpha value is -1.17. The molecule has 140 valence electrons. The Morgan fingerprint density at radius 2 is 0.885 bits per heavy atom. The first-order chi connectivity index (χ1) is 12.8. The summed E-state index contributed by atoms with van der Waals surface area (Å²) in [7, 11) is -1.03. The molecule has 3 aliphatic carbocycles. The molecule has 0 heterocycles. The lowest BCUT2D eigenvalue weighted by Crippen LogP contribution is -2.17. The van der Waals surface area contributed by atoms with E-state index in [0.29, 0.717) is 24.4 Å². The molecule has 3 aliphatic rings. The minimum atomic E-state index is -1.03. The van der Waals surface area contributed by atoms with Gasteiger partial charge in [-0.05, 0) is 37.0 Å². The first-order valence-corrected chi connectivity index (χ1v) is 12.8. The maximum Gasteiger partial charge on any atom is 0.0616 e. The normalized spacial score (nSPS) is 19.7. The van der Waals surface area contributed by atoms with E-state index in [1.54, 1.807) is 0 Å². The van der Waals surface area contributed by atoms with E-state index in [0.717, 1.165) is 6.42 Å². The van der Waals surface area contributed by atoms with Crippen molar-refractivity contribution in [2.75, 3.05) is 31.3 Å². The molecule has 0 radical (unpaired) electrons. The average molecular weight is 370 g/mol. The fourth-order valence-electron chi connectivity index (χ4n) is 4.36. The van der Waals surface area contributed by atoms with Crippen LogP contribution in [0.2, 0.25) is 0 Å². The predicted molar refractivity (Wildman–Crippen MR) is 117 cm³/mol. The Morgan fingerprint density at radius 1 is 0.538 bits per heavy atom. The lowest BCUT2D eigenvalue weighted by atomic mass is 10.1. The van der Waals surface area contributed by atoms with Crippen LogP contribution in [0.3, 0.4) is 0 Å². The van der Waals surface area contributed by atoms with Crippen LogP contribution in [0.4, 0.5) is 0 Å². The van der Waals surface area contributed by atoms with E-state index in [-0.39, 0.29) is 0 Å². The standard InChI is InChI=1S/C24H34OP/c25-17-7-18-26(19-14-22-8-1-2-9-22,20-15-23-10-3-4-11-23)21-16-24-12-5-6-13-24/h1-6,8-13,22-25H,7,14-21H2/q+1. The topological polar surface area (TPSA) is 20.2 Å². The SMILES string of the molecule is OCCC[P+](CCC1C=CC=C1)(CCC1C=CC=C1)CCC1C=CC=C1. The quantitative estimate of drug-likeness (QED) is 0.432. The number of aliphatic hydroxyl groups excluding tert-OH is 1. The summed E-state index contributed by atoms with van der Waals surface area (Å²) in [6, 6.07) is 0. The zero-order valence-electron chi connectivity index (χ0n) is 15.9. The minimum absolute atomic E-state index is 0.345. The van der Waals surface area contributed by atoms with E-state index in [1.807, 2.05) is 0 Å². The molecule has 0 fully saturated rings.